The molecule has 0 aromatic heterocycles. The molecule has 0 bridgehead atoms. The van der Waals surface area contributed by atoms with Crippen LogP contribution in [0.3, 0.4) is 0 Å². The smallest absolute Gasteiger partial charge is 0.238 e. The van der Waals surface area contributed by atoms with Gasteiger partial charge in [-0.1, -0.05) is 41.4 Å². The monoisotopic (exact) mass is 344 g/mol. The lowest BCUT2D eigenvalue weighted by atomic mass is 10.2. The van der Waals surface area contributed by atoms with Crippen LogP contribution in [0, 0.1) is 0 Å². The number of hydrogen-bond acceptors (Lipinski definition) is 3. The zero-order chi connectivity index (χ0) is 15.5. The third-order valence-electron chi connectivity index (χ3n) is 2.89. The van der Waals surface area contributed by atoms with E-state index in [4.69, 9.17) is 28.3 Å². The summed E-state index contributed by atoms with van der Waals surface area (Å²) >= 11 is 11.9. The zero-order valence-corrected chi connectivity index (χ0v) is 13.3. The van der Waals surface area contributed by atoms with Crippen molar-refractivity contribution in [2.24, 2.45) is 5.14 Å². The van der Waals surface area contributed by atoms with Crippen molar-refractivity contribution >= 4 is 33.2 Å². The minimum Gasteiger partial charge on any atom is -0.309 e. The molecule has 2 aromatic rings. The highest BCUT2D eigenvalue weighted by Crippen LogP contribution is 2.20. The molecule has 0 aliphatic heterocycles. The number of benzene rings is 2. The maximum atomic E-state index is 11.3. The fraction of sp³-hybridized carbons (Fsp3) is 0.143. The molecule has 0 radical (unpaired) electrons. The molecule has 2 aromatic carbocycles. The average molecular weight is 345 g/mol. The van der Waals surface area contributed by atoms with E-state index in [2.05, 4.69) is 5.32 Å². The van der Waals surface area contributed by atoms with E-state index < -0.39 is 10.0 Å². The third-order valence-corrected chi connectivity index (χ3v) is 4.38. The Kier molecular flexibility index (Phi) is 5.24. The molecular weight excluding hydrogens is 331 g/mol. The van der Waals surface area contributed by atoms with Crippen molar-refractivity contribution < 1.29 is 8.42 Å². The largest absolute Gasteiger partial charge is 0.309 e. The summed E-state index contributed by atoms with van der Waals surface area (Å²) in [5, 5.41) is 9.47. The van der Waals surface area contributed by atoms with E-state index in [0.717, 1.165) is 11.1 Å². The minimum absolute atomic E-state index is 0.103. The Morgan fingerprint density at radius 1 is 1.05 bits per heavy atom. The molecule has 21 heavy (non-hydrogen) atoms. The van der Waals surface area contributed by atoms with E-state index in [0.29, 0.717) is 23.1 Å². The highest BCUT2D eigenvalue weighted by atomic mass is 35.5. The van der Waals surface area contributed by atoms with E-state index in [1.165, 1.54) is 6.07 Å². The summed E-state index contributed by atoms with van der Waals surface area (Å²) in [7, 11) is -3.68. The number of nitrogens with two attached hydrogens (primary N) is 1. The number of primary sulfonamides is 1. The number of halogens is 2. The Labute approximate surface area is 133 Å². The van der Waals surface area contributed by atoms with Gasteiger partial charge in [0.2, 0.25) is 10.0 Å². The summed E-state index contributed by atoms with van der Waals surface area (Å²) in [6.45, 7) is 1.05. The SMILES string of the molecule is NS(=O)(=O)c1cccc(CNCc2ccc(Cl)cc2Cl)c1. The van der Waals surface area contributed by atoms with Crippen LogP contribution in [-0.2, 0) is 23.1 Å². The maximum Gasteiger partial charge on any atom is 0.238 e. The molecule has 0 atom stereocenters. The Bertz CT molecular complexity index is 748. The predicted molar refractivity (Wildman–Crippen MR) is 84.8 cm³/mol. The first-order valence-electron chi connectivity index (χ1n) is 6.12. The van der Waals surface area contributed by atoms with Crippen molar-refractivity contribution in [1.82, 2.24) is 5.32 Å². The van der Waals surface area contributed by atoms with Crippen molar-refractivity contribution in [2.75, 3.05) is 0 Å². The maximum absolute atomic E-state index is 11.3. The van der Waals surface area contributed by atoms with Crippen LogP contribution in [0.2, 0.25) is 10.0 Å². The number of sulfonamides is 1. The number of nitrogens with one attached hydrogen (secondary N) is 1. The summed E-state index contributed by atoms with van der Waals surface area (Å²) in [4.78, 5) is 0.103. The van der Waals surface area contributed by atoms with Gasteiger partial charge in [0.15, 0.2) is 0 Å². The first kappa shape index (κ1) is 16.3. The summed E-state index contributed by atoms with van der Waals surface area (Å²) in [5.74, 6) is 0. The molecule has 0 saturated heterocycles. The van der Waals surface area contributed by atoms with Gasteiger partial charge in [0.05, 0.1) is 4.90 Å². The Hall–Kier alpha value is -1.11. The van der Waals surface area contributed by atoms with Crippen LogP contribution in [-0.4, -0.2) is 8.42 Å². The zero-order valence-electron chi connectivity index (χ0n) is 11.0. The Morgan fingerprint density at radius 3 is 2.48 bits per heavy atom. The molecule has 0 aliphatic carbocycles. The molecule has 0 amide bonds. The van der Waals surface area contributed by atoms with Gasteiger partial charge < -0.3 is 5.32 Å². The first-order valence-corrected chi connectivity index (χ1v) is 8.43. The van der Waals surface area contributed by atoms with Crippen molar-refractivity contribution in [2.45, 2.75) is 18.0 Å². The van der Waals surface area contributed by atoms with Gasteiger partial charge in [-0.3, -0.25) is 0 Å². The molecule has 0 heterocycles. The van der Waals surface area contributed by atoms with Gasteiger partial charge in [-0.05, 0) is 35.4 Å². The van der Waals surface area contributed by atoms with Crippen LogP contribution in [0.1, 0.15) is 11.1 Å². The van der Waals surface area contributed by atoms with Crippen molar-refractivity contribution in [3.63, 3.8) is 0 Å². The second-order valence-electron chi connectivity index (χ2n) is 4.53. The van der Waals surface area contributed by atoms with Crippen LogP contribution in [0.15, 0.2) is 47.4 Å². The highest BCUT2D eigenvalue weighted by Gasteiger charge is 2.08. The third kappa shape index (κ3) is 4.69. The predicted octanol–water partition coefficient (Wildman–Crippen LogP) is 2.93. The topological polar surface area (TPSA) is 72.2 Å². The lowest BCUT2D eigenvalue weighted by Crippen LogP contribution is -2.15. The van der Waals surface area contributed by atoms with E-state index in [1.54, 1.807) is 24.3 Å². The van der Waals surface area contributed by atoms with Crippen LogP contribution >= 0.6 is 23.2 Å². The summed E-state index contributed by atoms with van der Waals surface area (Å²) in [6, 6.07) is 11.8. The fourth-order valence-corrected chi connectivity index (χ4v) is 2.90. The molecule has 0 spiro atoms. The molecule has 7 heteroatoms. The molecular formula is C14H14Cl2N2O2S. The number of rotatable bonds is 5. The summed E-state index contributed by atoms with van der Waals surface area (Å²) < 4.78 is 22.6. The molecule has 112 valence electrons. The van der Waals surface area contributed by atoms with Crippen molar-refractivity contribution in [3.8, 4) is 0 Å². The standard InChI is InChI=1S/C14H14Cl2N2O2S/c15-12-5-4-11(14(16)7-12)9-18-8-10-2-1-3-13(6-10)21(17,19)20/h1-7,18H,8-9H2,(H2,17,19,20). The van der Waals surface area contributed by atoms with E-state index in [1.807, 2.05) is 12.1 Å². The highest BCUT2D eigenvalue weighted by molar-refractivity contribution is 7.89. The van der Waals surface area contributed by atoms with Crippen LogP contribution in [0.25, 0.3) is 0 Å². The summed E-state index contributed by atoms with van der Waals surface area (Å²) in [5.41, 5.74) is 1.75. The minimum atomic E-state index is -3.68. The average Bonchev–Trinajstić information content (AvgIpc) is 2.41. The second kappa shape index (κ2) is 6.77. The molecule has 0 aliphatic rings. The Balaban J connectivity index is 2.01. The molecule has 0 unspecified atom stereocenters. The Morgan fingerprint density at radius 2 is 1.81 bits per heavy atom. The van der Waals surface area contributed by atoms with E-state index in [-0.39, 0.29) is 4.90 Å². The summed E-state index contributed by atoms with van der Waals surface area (Å²) in [6.07, 6.45) is 0. The first-order chi connectivity index (χ1) is 9.86. The lowest BCUT2D eigenvalue weighted by Gasteiger charge is -2.08. The van der Waals surface area contributed by atoms with Crippen LogP contribution in [0.5, 0.6) is 0 Å². The van der Waals surface area contributed by atoms with Gasteiger partial charge in [0, 0.05) is 23.1 Å². The van der Waals surface area contributed by atoms with E-state index in [9.17, 15) is 8.42 Å². The van der Waals surface area contributed by atoms with Gasteiger partial charge in [-0.25, -0.2) is 13.6 Å². The second-order valence-corrected chi connectivity index (χ2v) is 6.94. The lowest BCUT2D eigenvalue weighted by molar-refractivity contribution is 0.597. The molecule has 4 nitrogen and oxygen atoms in total. The van der Waals surface area contributed by atoms with Crippen molar-refractivity contribution in [3.05, 3.63) is 63.6 Å². The van der Waals surface area contributed by atoms with Crippen LogP contribution in [0.4, 0.5) is 0 Å². The normalized spacial score (nSPS) is 11.6. The molecule has 3 N–H and O–H groups in total. The van der Waals surface area contributed by atoms with Gasteiger partial charge in [0.25, 0.3) is 0 Å². The molecule has 0 saturated carbocycles. The van der Waals surface area contributed by atoms with E-state index >= 15 is 0 Å². The molecule has 0 fully saturated rings. The van der Waals surface area contributed by atoms with Gasteiger partial charge in [-0.2, -0.15) is 0 Å². The van der Waals surface area contributed by atoms with Crippen molar-refractivity contribution in [1.29, 1.82) is 0 Å². The molecule has 2 rings (SSSR count). The fourth-order valence-electron chi connectivity index (χ4n) is 1.84. The van der Waals surface area contributed by atoms with Crippen LogP contribution < -0.4 is 10.5 Å². The number of hydrogen-bond donors (Lipinski definition) is 2. The van der Waals surface area contributed by atoms with Gasteiger partial charge >= 0.3 is 0 Å². The van der Waals surface area contributed by atoms with Gasteiger partial charge in [0.1, 0.15) is 0 Å². The van der Waals surface area contributed by atoms with Gasteiger partial charge in [-0.15, -0.1) is 0 Å². The quantitative estimate of drug-likeness (QED) is 0.875.